The first-order valence-electron chi connectivity index (χ1n) is 6.95. The first kappa shape index (κ1) is 17.2. The van der Waals surface area contributed by atoms with E-state index in [0.29, 0.717) is 12.6 Å². The third-order valence-electron chi connectivity index (χ3n) is 3.20. The monoisotopic (exact) mass is 298 g/mol. The van der Waals surface area contributed by atoms with Gasteiger partial charge in [-0.2, -0.15) is 11.8 Å². The van der Waals surface area contributed by atoms with Crippen LogP contribution in [0.3, 0.4) is 0 Å². The highest BCUT2D eigenvalue weighted by atomic mass is 32.2. The van der Waals surface area contributed by atoms with Gasteiger partial charge in [-0.05, 0) is 12.7 Å². The lowest BCUT2D eigenvalue weighted by Gasteiger charge is -2.26. The maximum atomic E-state index is 4.99. The van der Waals surface area contributed by atoms with Gasteiger partial charge in [-0.1, -0.05) is 6.92 Å². The summed E-state index contributed by atoms with van der Waals surface area (Å²) in [5.74, 6) is 1.89. The molecular formula is C14H26N4OS. The number of hydrogen-bond acceptors (Lipinski definition) is 6. The van der Waals surface area contributed by atoms with Crippen LogP contribution in [0.1, 0.15) is 18.9 Å². The lowest BCUT2D eigenvalue weighted by molar-refractivity contribution is 0.199. The standard InChI is InChI=1S/C14H26N4OS/c1-5-13(11-20-4)18(2)14-16-9-12(10-17-14)8-15-6-7-19-3/h9-10,13,15H,5-8,11H2,1-4H3. The maximum Gasteiger partial charge on any atom is 0.225 e. The van der Waals surface area contributed by atoms with Crippen LogP contribution >= 0.6 is 11.8 Å². The highest BCUT2D eigenvalue weighted by molar-refractivity contribution is 7.98. The number of thioether (sulfide) groups is 1. The average molecular weight is 298 g/mol. The summed E-state index contributed by atoms with van der Waals surface area (Å²) in [4.78, 5) is 11.1. The molecule has 1 heterocycles. The van der Waals surface area contributed by atoms with E-state index in [4.69, 9.17) is 4.74 Å². The van der Waals surface area contributed by atoms with Crippen LogP contribution in [0.2, 0.25) is 0 Å². The fourth-order valence-electron chi connectivity index (χ4n) is 1.89. The minimum Gasteiger partial charge on any atom is -0.383 e. The number of nitrogens with zero attached hydrogens (tertiary/aromatic N) is 3. The van der Waals surface area contributed by atoms with Crippen LogP contribution in [0.4, 0.5) is 5.95 Å². The number of hydrogen-bond donors (Lipinski definition) is 1. The molecule has 0 saturated carbocycles. The molecule has 6 heteroatoms. The quantitative estimate of drug-likeness (QED) is 0.665. The molecule has 0 aliphatic carbocycles. The van der Waals surface area contributed by atoms with Crippen molar-refractivity contribution in [3.05, 3.63) is 18.0 Å². The largest absolute Gasteiger partial charge is 0.383 e. The molecule has 1 atom stereocenters. The Bertz CT molecular complexity index is 361. The molecule has 1 unspecified atom stereocenters. The Kier molecular flexibility index (Phi) is 8.57. The van der Waals surface area contributed by atoms with Gasteiger partial charge in [0.25, 0.3) is 0 Å². The number of aromatic nitrogens is 2. The Balaban J connectivity index is 2.52. The molecule has 114 valence electrons. The third kappa shape index (κ3) is 5.64. The van der Waals surface area contributed by atoms with E-state index in [-0.39, 0.29) is 0 Å². The van der Waals surface area contributed by atoms with Crippen LogP contribution in [-0.2, 0) is 11.3 Å². The van der Waals surface area contributed by atoms with Crippen molar-refractivity contribution < 1.29 is 4.74 Å². The number of anilines is 1. The zero-order valence-electron chi connectivity index (χ0n) is 12.9. The van der Waals surface area contributed by atoms with E-state index < -0.39 is 0 Å². The van der Waals surface area contributed by atoms with Gasteiger partial charge in [0.15, 0.2) is 0 Å². The molecule has 0 radical (unpaired) electrons. The van der Waals surface area contributed by atoms with Crippen LogP contribution in [0.15, 0.2) is 12.4 Å². The molecule has 0 spiro atoms. The van der Waals surface area contributed by atoms with Gasteiger partial charge in [-0.3, -0.25) is 0 Å². The second-order valence-electron chi connectivity index (χ2n) is 4.69. The molecule has 0 aliphatic heterocycles. The molecule has 0 aliphatic rings. The van der Waals surface area contributed by atoms with E-state index in [1.54, 1.807) is 7.11 Å². The molecule has 5 nitrogen and oxygen atoms in total. The SMILES string of the molecule is CCC(CSC)N(C)c1ncc(CNCCOC)cn1. The van der Waals surface area contributed by atoms with E-state index in [0.717, 1.165) is 36.8 Å². The maximum absolute atomic E-state index is 4.99. The molecular weight excluding hydrogens is 272 g/mol. The lowest BCUT2D eigenvalue weighted by atomic mass is 10.2. The predicted molar refractivity (Wildman–Crippen MR) is 86.5 cm³/mol. The van der Waals surface area contributed by atoms with E-state index >= 15 is 0 Å². The average Bonchev–Trinajstić information content (AvgIpc) is 2.49. The van der Waals surface area contributed by atoms with E-state index in [1.165, 1.54) is 0 Å². The molecule has 0 aromatic carbocycles. The van der Waals surface area contributed by atoms with Gasteiger partial charge in [0.2, 0.25) is 5.95 Å². The van der Waals surface area contributed by atoms with E-state index in [2.05, 4.69) is 40.4 Å². The molecule has 1 aromatic heterocycles. The van der Waals surface area contributed by atoms with Crippen molar-refractivity contribution in [3.8, 4) is 0 Å². The summed E-state index contributed by atoms with van der Waals surface area (Å²) in [5, 5.41) is 3.28. The normalized spacial score (nSPS) is 12.4. The molecule has 1 rings (SSSR count). The van der Waals surface area contributed by atoms with Crippen LogP contribution in [-0.4, -0.2) is 55.3 Å². The van der Waals surface area contributed by atoms with Crippen molar-refractivity contribution in [1.82, 2.24) is 15.3 Å². The van der Waals surface area contributed by atoms with Gasteiger partial charge in [0, 0.05) is 57.0 Å². The van der Waals surface area contributed by atoms with E-state index in [1.807, 2.05) is 24.2 Å². The number of ether oxygens (including phenoxy) is 1. The number of nitrogens with one attached hydrogen (secondary N) is 1. The zero-order chi connectivity index (χ0) is 14.8. The van der Waals surface area contributed by atoms with Gasteiger partial charge in [0.05, 0.1) is 6.61 Å². The van der Waals surface area contributed by atoms with Gasteiger partial charge in [0.1, 0.15) is 0 Å². The van der Waals surface area contributed by atoms with Crippen molar-refractivity contribution in [3.63, 3.8) is 0 Å². The summed E-state index contributed by atoms with van der Waals surface area (Å²) in [6.07, 6.45) is 7.02. The lowest BCUT2D eigenvalue weighted by Crippen LogP contribution is -2.34. The Morgan fingerprint density at radius 3 is 2.65 bits per heavy atom. The van der Waals surface area contributed by atoms with Crippen molar-refractivity contribution in [2.75, 3.05) is 44.2 Å². The summed E-state index contributed by atoms with van der Waals surface area (Å²) in [7, 11) is 3.77. The second-order valence-corrected chi connectivity index (χ2v) is 5.60. The molecule has 0 fully saturated rings. The Hall–Kier alpha value is -0.850. The third-order valence-corrected chi connectivity index (χ3v) is 3.92. The van der Waals surface area contributed by atoms with Gasteiger partial charge < -0.3 is 15.0 Å². The molecule has 0 saturated heterocycles. The van der Waals surface area contributed by atoms with Crippen LogP contribution in [0.25, 0.3) is 0 Å². The fraction of sp³-hybridized carbons (Fsp3) is 0.714. The van der Waals surface area contributed by atoms with Gasteiger partial charge in [-0.15, -0.1) is 0 Å². The highest BCUT2D eigenvalue weighted by Crippen LogP contribution is 2.14. The Labute approximate surface area is 126 Å². The Morgan fingerprint density at radius 1 is 1.40 bits per heavy atom. The highest BCUT2D eigenvalue weighted by Gasteiger charge is 2.14. The van der Waals surface area contributed by atoms with Crippen LogP contribution < -0.4 is 10.2 Å². The fourth-order valence-corrected chi connectivity index (χ4v) is 2.73. The Morgan fingerprint density at radius 2 is 2.10 bits per heavy atom. The van der Waals surface area contributed by atoms with Gasteiger partial charge >= 0.3 is 0 Å². The van der Waals surface area contributed by atoms with Crippen molar-refractivity contribution in [2.45, 2.75) is 25.9 Å². The summed E-state index contributed by atoms with van der Waals surface area (Å²) >= 11 is 1.86. The molecule has 1 N–H and O–H groups in total. The van der Waals surface area contributed by atoms with Crippen LogP contribution in [0, 0.1) is 0 Å². The smallest absolute Gasteiger partial charge is 0.225 e. The number of methoxy groups -OCH3 is 1. The van der Waals surface area contributed by atoms with Crippen LogP contribution in [0.5, 0.6) is 0 Å². The molecule has 0 bridgehead atoms. The minimum atomic E-state index is 0.482. The van der Waals surface area contributed by atoms with Crippen molar-refractivity contribution >= 4 is 17.7 Å². The molecule has 20 heavy (non-hydrogen) atoms. The number of rotatable bonds is 10. The minimum absolute atomic E-state index is 0.482. The molecule has 1 aromatic rings. The summed E-state index contributed by atoms with van der Waals surface area (Å²) in [5.41, 5.74) is 1.09. The molecule has 0 amide bonds. The summed E-state index contributed by atoms with van der Waals surface area (Å²) in [6.45, 7) is 4.53. The van der Waals surface area contributed by atoms with Crippen molar-refractivity contribution in [2.24, 2.45) is 0 Å². The predicted octanol–water partition coefficient (Wildman–Crippen LogP) is 1.79. The first-order valence-corrected chi connectivity index (χ1v) is 8.34. The van der Waals surface area contributed by atoms with E-state index in [9.17, 15) is 0 Å². The first-order chi connectivity index (χ1) is 9.72. The van der Waals surface area contributed by atoms with Gasteiger partial charge in [-0.25, -0.2) is 9.97 Å². The second kappa shape index (κ2) is 9.96. The summed E-state index contributed by atoms with van der Waals surface area (Å²) in [6, 6.07) is 0.482. The van der Waals surface area contributed by atoms with Crippen molar-refractivity contribution in [1.29, 1.82) is 0 Å². The zero-order valence-corrected chi connectivity index (χ0v) is 13.7. The summed E-state index contributed by atoms with van der Waals surface area (Å²) < 4.78 is 4.99. The topological polar surface area (TPSA) is 50.3 Å².